The van der Waals surface area contributed by atoms with Gasteiger partial charge in [0.1, 0.15) is 0 Å². The lowest BCUT2D eigenvalue weighted by Crippen LogP contribution is -2.54. The van der Waals surface area contributed by atoms with Crippen LogP contribution in [0.15, 0.2) is 29.4 Å². The number of ketones is 1. The number of rotatable bonds is 7. The molecule has 0 aromatic carbocycles. The molecule has 1 aliphatic rings. The smallest absolute Gasteiger partial charge is 0.262 e. The van der Waals surface area contributed by atoms with E-state index in [4.69, 9.17) is 8.48 Å². The second kappa shape index (κ2) is 9.05. The molecule has 0 spiro atoms. The molecule has 1 aromatic heterocycles. The van der Waals surface area contributed by atoms with Gasteiger partial charge in [0.15, 0.2) is 17.0 Å². The lowest BCUT2D eigenvalue weighted by Gasteiger charge is -2.28. The minimum Gasteiger partial charge on any atom is -0.369 e. The van der Waals surface area contributed by atoms with Gasteiger partial charge in [0.2, 0.25) is 11.8 Å². The summed E-state index contributed by atoms with van der Waals surface area (Å²) in [7, 11) is -4.41. The van der Waals surface area contributed by atoms with Gasteiger partial charge in [-0.2, -0.15) is 4.31 Å². The fourth-order valence-electron chi connectivity index (χ4n) is 2.34. The van der Waals surface area contributed by atoms with Crippen molar-refractivity contribution in [3.8, 4) is 0 Å². The summed E-state index contributed by atoms with van der Waals surface area (Å²) in [5.41, 5.74) is 5.14. The van der Waals surface area contributed by atoms with Gasteiger partial charge in [0.05, 0.1) is 7.79 Å². The van der Waals surface area contributed by atoms with Gasteiger partial charge in [-0.25, -0.2) is 13.4 Å². The predicted octanol–water partition coefficient (Wildman–Crippen LogP) is -0.0166. The Morgan fingerprint density at radius 2 is 2.26 bits per heavy atom. The molecule has 2 rings (SSSR count). The van der Waals surface area contributed by atoms with Crippen LogP contribution in [-0.4, -0.2) is 48.0 Å². The monoisotopic (exact) mass is 397 g/mol. The Morgan fingerprint density at radius 3 is 2.89 bits per heavy atom. The second-order valence-corrected chi connectivity index (χ2v) is 7.85. The minimum absolute atomic E-state index is 0.0476. The van der Waals surface area contributed by atoms with Crippen LogP contribution in [-0.2, 0) is 24.4 Å². The molecule has 2 heterocycles. The minimum atomic E-state index is -4.41. The van der Waals surface area contributed by atoms with Gasteiger partial charge in [-0.05, 0) is 31.4 Å². The lowest BCUT2D eigenvalue weighted by atomic mass is 10.0. The van der Waals surface area contributed by atoms with E-state index in [9.17, 15) is 22.8 Å². The highest BCUT2D eigenvalue weighted by molar-refractivity contribution is 7.89. The molecular formula is C17H23N4O5S. The van der Waals surface area contributed by atoms with Gasteiger partial charge in [0.25, 0.3) is 10.0 Å². The van der Waals surface area contributed by atoms with Crippen molar-refractivity contribution in [2.24, 2.45) is 11.7 Å². The summed E-state index contributed by atoms with van der Waals surface area (Å²) in [6, 6.07) is 4.17. The Hall–Kier alpha value is -2.33. The van der Waals surface area contributed by atoms with E-state index in [1.807, 2.05) is 0 Å². The predicted molar refractivity (Wildman–Crippen MR) is 96.2 cm³/mol. The van der Waals surface area contributed by atoms with E-state index in [1.165, 1.54) is 31.3 Å². The zero-order valence-corrected chi connectivity index (χ0v) is 15.6. The lowest BCUT2D eigenvalue weighted by molar-refractivity contribution is -0.128. The maximum absolute atomic E-state index is 13.1. The number of amides is 2. The number of nitrogens with two attached hydrogens (primary N) is 1. The number of pyridine rings is 1. The zero-order chi connectivity index (χ0) is 21.8. The molecule has 2 amide bonds. The first-order chi connectivity index (χ1) is 13.5. The second-order valence-electron chi connectivity index (χ2n) is 6.04. The van der Waals surface area contributed by atoms with Gasteiger partial charge in [-0.15, -0.1) is 0 Å². The number of hydrogen-bond donors (Lipinski definition) is 2. The summed E-state index contributed by atoms with van der Waals surface area (Å²) in [5, 5.41) is 1.72. The third-order valence-electron chi connectivity index (χ3n) is 3.95. The molecule has 0 aliphatic carbocycles. The third kappa shape index (κ3) is 5.33. The molecule has 2 unspecified atom stereocenters. The van der Waals surface area contributed by atoms with E-state index in [1.54, 1.807) is 0 Å². The maximum atomic E-state index is 13.1. The molecule has 1 saturated heterocycles. The Balaban J connectivity index is 2.36. The van der Waals surface area contributed by atoms with Gasteiger partial charge in [0, 0.05) is 26.4 Å². The van der Waals surface area contributed by atoms with Crippen LogP contribution in [0.3, 0.4) is 0 Å². The molecule has 3 atom stereocenters. The summed E-state index contributed by atoms with van der Waals surface area (Å²) in [6.45, 7) is 1.25. The average molecular weight is 397 g/mol. The number of nitrogens with zero attached hydrogens (tertiary/aromatic N) is 2. The molecule has 3 N–H and O–H groups in total. The number of nitrogens with one attached hydrogen (secondary N) is 1. The first-order valence-electron chi connectivity index (χ1n) is 9.43. The van der Waals surface area contributed by atoms with Crippen LogP contribution in [0.25, 0.3) is 0 Å². The summed E-state index contributed by atoms with van der Waals surface area (Å²) in [5.74, 6) is -3.29. The third-order valence-corrected chi connectivity index (χ3v) is 5.67. The van der Waals surface area contributed by atoms with Crippen LogP contribution in [0.1, 0.15) is 35.3 Å². The topological polar surface area (TPSA) is 140 Å². The summed E-state index contributed by atoms with van der Waals surface area (Å²) >= 11 is 0. The van der Waals surface area contributed by atoms with E-state index < -0.39 is 46.1 Å². The van der Waals surface area contributed by atoms with Crippen molar-refractivity contribution in [2.75, 3.05) is 6.54 Å². The quantitative estimate of drug-likeness (QED) is 0.663. The molecule has 0 bridgehead atoms. The van der Waals surface area contributed by atoms with Crippen LogP contribution in [0.4, 0.5) is 0 Å². The van der Waals surface area contributed by atoms with E-state index in [0.29, 0.717) is 4.31 Å². The van der Waals surface area contributed by atoms with Gasteiger partial charge in [-0.3, -0.25) is 14.4 Å². The van der Waals surface area contributed by atoms with Crippen molar-refractivity contribution in [3.05, 3.63) is 30.8 Å². The van der Waals surface area contributed by atoms with E-state index in [-0.39, 0.29) is 30.8 Å². The van der Waals surface area contributed by atoms with Crippen molar-refractivity contribution in [1.82, 2.24) is 14.6 Å². The molecule has 1 fully saturated rings. The Bertz CT molecular complexity index is 883. The normalized spacial score (nSPS) is 26.4. The molecule has 0 saturated carbocycles. The number of aromatic nitrogens is 1. The standard InChI is InChI=1S/C17H23N4O5S/c1-12(16(18)24)8-9-14(23)20-17-13(22)6-3-5-11-21(17)27(25,26)15-7-2-4-10-19-15/h2,4,7,9-10,12,17H,3,5-6,8,11H2,1H3,(H2,18,24)(H,20,23)/t12?,17-/m0/s1/i6D,17D/t6?,12?,17-. The fraction of sp³-hybridized carbons (Fsp3) is 0.471. The van der Waals surface area contributed by atoms with Gasteiger partial charge >= 0.3 is 0 Å². The first kappa shape index (κ1) is 18.1. The first-order valence-corrected chi connectivity index (χ1v) is 9.79. The SMILES string of the molecule is [2H]C1CCCN(S(=O)(=O)c2ccccn2)[C@]([2H])(NC(=O)[CH]CC(C)C(N)=O)C1=O. The van der Waals surface area contributed by atoms with E-state index in [0.717, 1.165) is 6.42 Å². The van der Waals surface area contributed by atoms with E-state index in [2.05, 4.69) is 10.3 Å². The summed E-state index contributed by atoms with van der Waals surface area (Å²) < 4.78 is 43.1. The highest BCUT2D eigenvalue weighted by Crippen LogP contribution is 2.21. The average Bonchev–Trinajstić information content (AvgIpc) is 2.78. The van der Waals surface area contributed by atoms with Crippen LogP contribution in [0.5, 0.6) is 0 Å². The van der Waals surface area contributed by atoms with Crippen molar-refractivity contribution in [1.29, 1.82) is 0 Å². The van der Waals surface area contributed by atoms with Crippen molar-refractivity contribution in [3.63, 3.8) is 0 Å². The highest BCUT2D eigenvalue weighted by atomic mass is 32.2. The molecule has 1 radical (unpaired) electrons. The number of carbonyl (C=O) groups is 3. The maximum Gasteiger partial charge on any atom is 0.262 e. The molecule has 27 heavy (non-hydrogen) atoms. The number of hydrogen-bond acceptors (Lipinski definition) is 6. The number of carbonyl (C=O) groups excluding carboxylic acids is 3. The summed E-state index contributed by atoms with van der Waals surface area (Å²) in [6.07, 6.45) is -1.67. The molecular weight excluding hydrogens is 372 g/mol. The molecule has 9 nitrogen and oxygen atoms in total. The van der Waals surface area contributed by atoms with Gasteiger partial charge in [-0.1, -0.05) is 13.0 Å². The fourth-order valence-corrected chi connectivity index (χ4v) is 3.76. The van der Waals surface area contributed by atoms with Crippen LogP contribution < -0.4 is 11.1 Å². The number of sulfonamides is 1. The van der Waals surface area contributed by atoms with Crippen LogP contribution >= 0.6 is 0 Å². The largest absolute Gasteiger partial charge is 0.369 e. The molecule has 147 valence electrons. The molecule has 10 heteroatoms. The Morgan fingerprint density at radius 1 is 1.52 bits per heavy atom. The summed E-state index contributed by atoms with van der Waals surface area (Å²) in [4.78, 5) is 39.9. The van der Waals surface area contributed by atoms with Crippen molar-refractivity contribution < 1.29 is 25.5 Å². The van der Waals surface area contributed by atoms with Crippen LogP contribution in [0, 0.1) is 12.3 Å². The molecule has 1 aliphatic heterocycles. The number of Topliss-reactive ketones (excluding diaryl/α,β-unsaturated/α-hetero) is 1. The zero-order valence-electron chi connectivity index (χ0n) is 16.8. The number of primary amides is 1. The van der Waals surface area contributed by atoms with Crippen molar-refractivity contribution >= 4 is 27.6 Å². The van der Waals surface area contributed by atoms with E-state index >= 15 is 0 Å². The van der Waals surface area contributed by atoms with Gasteiger partial charge < -0.3 is 11.1 Å². The highest BCUT2D eigenvalue weighted by Gasteiger charge is 2.38. The Kier molecular flexibility index (Phi) is 6.05. The Labute approximate surface area is 161 Å². The van der Waals surface area contributed by atoms with Crippen LogP contribution in [0.2, 0.25) is 0 Å². The van der Waals surface area contributed by atoms with Crippen molar-refractivity contribution in [2.45, 2.75) is 43.8 Å². The molecule has 1 aromatic rings.